The third-order valence-electron chi connectivity index (χ3n) is 1.92. The van der Waals surface area contributed by atoms with Crippen molar-refractivity contribution >= 4 is 12.0 Å². The molecular formula is C13H15NO. The molecule has 0 atom stereocenters. The monoisotopic (exact) mass is 201 g/mol. The fourth-order valence-corrected chi connectivity index (χ4v) is 1.11. The zero-order valence-corrected chi connectivity index (χ0v) is 8.65. The minimum atomic E-state index is 0.127. The molecule has 2 rings (SSSR count). The van der Waals surface area contributed by atoms with E-state index in [2.05, 4.69) is 11.9 Å². The molecule has 15 heavy (non-hydrogen) atoms. The summed E-state index contributed by atoms with van der Waals surface area (Å²) in [7, 11) is 0. The fraction of sp³-hybridized carbons (Fsp3) is 0.154. The summed E-state index contributed by atoms with van der Waals surface area (Å²) in [5.41, 5.74) is 1.17. The van der Waals surface area contributed by atoms with Gasteiger partial charge < -0.3 is 5.32 Å². The zero-order valence-electron chi connectivity index (χ0n) is 8.65. The molecule has 1 aromatic rings. The van der Waals surface area contributed by atoms with E-state index in [-0.39, 0.29) is 5.91 Å². The van der Waals surface area contributed by atoms with Gasteiger partial charge in [-0.1, -0.05) is 55.1 Å². The van der Waals surface area contributed by atoms with Crippen molar-refractivity contribution in [3.63, 3.8) is 0 Å². The molecule has 78 valence electrons. The predicted octanol–water partition coefficient (Wildman–Crippen LogP) is 2.39. The number of nitrogens with one attached hydrogen (secondary N) is 1. The van der Waals surface area contributed by atoms with Crippen LogP contribution < -0.4 is 5.32 Å². The SMILES string of the molecule is C=Cc1ccccc1.O=C1CC=CCN1. The number of rotatable bonds is 1. The standard InChI is InChI=1S/C8H8.C5H7NO/c1-2-8-6-4-3-5-7-8;7-5-3-1-2-4-6-5/h2-7H,1H2;1-2H,3-4H2,(H,6,7). The van der Waals surface area contributed by atoms with E-state index in [1.807, 2.05) is 48.6 Å². The van der Waals surface area contributed by atoms with Crippen molar-refractivity contribution in [3.8, 4) is 0 Å². The van der Waals surface area contributed by atoms with Gasteiger partial charge in [-0.05, 0) is 5.56 Å². The molecule has 0 aliphatic carbocycles. The Balaban J connectivity index is 0.000000151. The van der Waals surface area contributed by atoms with Gasteiger partial charge in [0.15, 0.2) is 0 Å². The van der Waals surface area contributed by atoms with Crippen LogP contribution in [-0.2, 0) is 4.79 Å². The summed E-state index contributed by atoms with van der Waals surface area (Å²) in [5.74, 6) is 0.127. The topological polar surface area (TPSA) is 29.1 Å². The molecule has 1 heterocycles. The van der Waals surface area contributed by atoms with E-state index < -0.39 is 0 Å². The minimum absolute atomic E-state index is 0.127. The molecule has 0 radical (unpaired) electrons. The number of benzene rings is 1. The predicted molar refractivity (Wildman–Crippen MR) is 63.3 cm³/mol. The second kappa shape index (κ2) is 6.60. The summed E-state index contributed by atoms with van der Waals surface area (Å²) in [6.07, 6.45) is 6.21. The van der Waals surface area contributed by atoms with Crippen LogP contribution in [0.15, 0.2) is 49.1 Å². The summed E-state index contributed by atoms with van der Waals surface area (Å²) in [6, 6.07) is 10.0. The normalized spacial score (nSPS) is 13.5. The highest BCUT2D eigenvalue weighted by atomic mass is 16.1. The average Bonchev–Trinajstić information content (AvgIpc) is 2.32. The Hall–Kier alpha value is -1.83. The molecule has 0 saturated carbocycles. The van der Waals surface area contributed by atoms with Gasteiger partial charge in [0.1, 0.15) is 0 Å². The molecule has 1 amide bonds. The number of hydrogen-bond donors (Lipinski definition) is 1. The maximum Gasteiger partial charge on any atom is 0.224 e. The minimum Gasteiger partial charge on any atom is -0.352 e. The van der Waals surface area contributed by atoms with Gasteiger partial charge in [-0.25, -0.2) is 0 Å². The van der Waals surface area contributed by atoms with Crippen molar-refractivity contribution in [2.24, 2.45) is 0 Å². The van der Waals surface area contributed by atoms with Crippen molar-refractivity contribution in [2.45, 2.75) is 6.42 Å². The number of amides is 1. The molecule has 0 bridgehead atoms. The fourth-order valence-electron chi connectivity index (χ4n) is 1.11. The van der Waals surface area contributed by atoms with Crippen molar-refractivity contribution < 1.29 is 4.79 Å². The molecule has 1 N–H and O–H groups in total. The van der Waals surface area contributed by atoms with Crippen molar-refractivity contribution in [1.29, 1.82) is 0 Å². The molecule has 0 saturated heterocycles. The molecule has 1 aliphatic heterocycles. The van der Waals surface area contributed by atoms with Crippen LogP contribution in [0.25, 0.3) is 6.08 Å². The van der Waals surface area contributed by atoms with Gasteiger partial charge in [0.05, 0.1) is 0 Å². The highest BCUT2D eigenvalue weighted by molar-refractivity contribution is 5.78. The van der Waals surface area contributed by atoms with E-state index in [1.165, 1.54) is 5.56 Å². The summed E-state index contributed by atoms with van der Waals surface area (Å²) in [6.45, 7) is 4.34. The zero-order chi connectivity index (χ0) is 10.9. The second-order valence-electron chi connectivity index (χ2n) is 3.09. The lowest BCUT2D eigenvalue weighted by molar-refractivity contribution is -0.120. The molecule has 0 fully saturated rings. The van der Waals surface area contributed by atoms with Crippen molar-refractivity contribution in [3.05, 3.63) is 54.6 Å². The van der Waals surface area contributed by atoms with Crippen LogP contribution in [0.4, 0.5) is 0 Å². The quantitative estimate of drug-likeness (QED) is 0.694. The maximum atomic E-state index is 10.3. The Morgan fingerprint density at radius 3 is 2.27 bits per heavy atom. The Kier molecular flexibility index (Phi) is 4.95. The van der Waals surface area contributed by atoms with E-state index in [1.54, 1.807) is 0 Å². The Bertz CT molecular complexity index is 341. The molecule has 1 aliphatic rings. The Morgan fingerprint density at radius 1 is 1.20 bits per heavy atom. The first-order valence-electron chi connectivity index (χ1n) is 4.92. The first kappa shape index (κ1) is 11.2. The van der Waals surface area contributed by atoms with Crippen molar-refractivity contribution in [1.82, 2.24) is 5.32 Å². The highest BCUT2D eigenvalue weighted by Crippen LogP contribution is 1.97. The van der Waals surface area contributed by atoms with Gasteiger partial charge in [0.2, 0.25) is 5.91 Å². The summed E-state index contributed by atoms with van der Waals surface area (Å²) < 4.78 is 0. The van der Waals surface area contributed by atoms with Crippen LogP contribution in [0.1, 0.15) is 12.0 Å². The lowest BCUT2D eigenvalue weighted by Gasteiger charge is -2.02. The van der Waals surface area contributed by atoms with E-state index in [0.29, 0.717) is 13.0 Å². The largest absolute Gasteiger partial charge is 0.352 e. The van der Waals surface area contributed by atoms with Crippen LogP contribution in [-0.4, -0.2) is 12.5 Å². The van der Waals surface area contributed by atoms with E-state index in [4.69, 9.17) is 0 Å². The lowest BCUT2D eigenvalue weighted by Crippen LogP contribution is -2.24. The smallest absolute Gasteiger partial charge is 0.224 e. The molecule has 1 aromatic carbocycles. The molecule has 0 unspecified atom stereocenters. The Labute approximate surface area is 90.3 Å². The van der Waals surface area contributed by atoms with Crippen molar-refractivity contribution in [2.75, 3.05) is 6.54 Å². The molecular weight excluding hydrogens is 186 g/mol. The van der Waals surface area contributed by atoms with Crippen LogP contribution in [0.5, 0.6) is 0 Å². The molecule has 0 aromatic heterocycles. The van der Waals surface area contributed by atoms with Crippen LogP contribution in [0.3, 0.4) is 0 Å². The molecule has 2 heteroatoms. The third kappa shape index (κ3) is 4.81. The average molecular weight is 201 g/mol. The van der Waals surface area contributed by atoms with Gasteiger partial charge in [-0.3, -0.25) is 4.79 Å². The van der Waals surface area contributed by atoms with Gasteiger partial charge >= 0.3 is 0 Å². The number of carbonyl (C=O) groups is 1. The highest BCUT2D eigenvalue weighted by Gasteiger charge is 1.97. The summed E-state index contributed by atoms with van der Waals surface area (Å²) in [5, 5.41) is 2.66. The first-order chi connectivity index (χ1) is 7.33. The van der Waals surface area contributed by atoms with E-state index >= 15 is 0 Å². The van der Waals surface area contributed by atoms with E-state index in [9.17, 15) is 4.79 Å². The van der Waals surface area contributed by atoms with Gasteiger partial charge in [-0.15, -0.1) is 0 Å². The Morgan fingerprint density at radius 2 is 1.93 bits per heavy atom. The number of hydrogen-bond acceptors (Lipinski definition) is 1. The third-order valence-corrected chi connectivity index (χ3v) is 1.92. The molecule has 0 spiro atoms. The van der Waals surface area contributed by atoms with Crippen LogP contribution >= 0.6 is 0 Å². The second-order valence-corrected chi connectivity index (χ2v) is 3.09. The molecule has 2 nitrogen and oxygen atoms in total. The van der Waals surface area contributed by atoms with Gasteiger partial charge in [0, 0.05) is 13.0 Å². The summed E-state index contributed by atoms with van der Waals surface area (Å²) >= 11 is 0. The number of carbonyl (C=O) groups excluding carboxylic acids is 1. The summed E-state index contributed by atoms with van der Waals surface area (Å²) in [4.78, 5) is 10.3. The van der Waals surface area contributed by atoms with Gasteiger partial charge in [-0.2, -0.15) is 0 Å². The van der Waals surface area contributed by atoms with Crippen LogP contribution in [0.2, 0.25) is 0 Å². The van der Waals surface area contributed by atoms with Crippen LogP contribution in [0, 0.1) is 0 Å². The lowest BCUT2D eigenvalue weighted by atomic mass is 10.2. The first-order valence-corrected chi connectivity index (χ1v) is 4.92. The maximum absolute atomic E-state index is 10.3. The van der Waals surface area contributed by atoms with E-state index in [0.717, 1.165) is 0 Å². The van der Waals surface area contributed by atoms with Gasteiger partial charge in [0.25, 0.3) is 0 Å².